The average Bonchev–Trinajstić information content (AvgIpc) is 3.48. The smallest absolute Gasteiger partial charge is 0.263 e. The number of likely N-dealkylation sites (tertiary alicyclic amines) is 1. The summed E-state index contributed by atoms with van der Waals surface area (Å²) in [6.45, 7) is 5.26. The first-order valence-corrected chi connectivity index (χ1v) is 16.1. The van der Waals surface area contributed by atoms with Gasteiger partial charge in [-0.2, -0.15) is 5.10 Å². The molecule has 0 spiro atoms. The van der Waals surface area contributed by atoms with Crippen molar-refractivity contribution in [3.05, 3.63) is 102 Å². The SMILES string of the molecule is COC1=C(C(=O)Nc2ccc(-c3cc(C4CCN(C(=O)C(C)C)CC4)n4ncnc(N)c34)cc2)C(=O)C(c2ccccc2)CCC=C1. The summed E-state index contributed by atoms with van der Waals surface area (Å²) in [4.78, 5) is 46.3. The Morgan fingerprint density at radius 3 is 2.43 bits per heavy atom. The van der Waals surface area contributed by atoms with Crippen molar-refractivity contribution in [1.82, 2.24) is 19.5 Å². The highest BCUT2D eigenvalue weighted by molar-refractivity contribution is 6.25. The standard InChI is InChI=1S/C37H40N6O4/c1-23(2)37(46)42-19-17-26(18-20-42)30-21-29(33-35(38)39-22-40-43(30)33)25-13-15-27(16-14-25)41-36(45)32-31(47-3)12-8-7-11-28(34(32)44)24-9-5-4-6-10-24/h4-6,8-10,12-16,21-23,26,28H,7,11,17-20H2,1-3H3,(H,41,45)(H2,38,39,40). The van der Waals surface area contributed by atoms with Crippen LogP contribution in [0, 0.1) is 5.92 Å². The number of anilines is 2. The molecule has 0 saturated carbocycles. The minimum Gasteiger partial charge on any atom is -0.496 e. The lowest BCUT2D eigenvalue weighted by atomic mass is 9.84. The minimum absolute atomic E-state index is 0.00415. The summed E-state index contributed by atoms with van der Waals surface area (Å²) in [7, 11) is 1.47. The van der Waals surface area contributed by atoms with Gasteiger partial charge in [-0.3, -0.25) is 14.4 Å². The molecule has 2 aromatic carbocycles. The first kappa shape index (κ1) is 31.7. The molecule has 47 heavy (non-hydrogen) atoms. The van der Waals surface area contributed by atoms with Crippen LogP contribution >= 0.6 is 0 Å². The number of nitrogens with two attached hydrogens (primary N) is 1. The van der Waals surface area contributed by atoms with Crippen LogP contribution in [0.25, 0.3) is 16.6 Å². The largest absolute Gasteiger partial charge is 0.496 e. The average molecular weight is 633 g/mol. The highest BCUT2D eigenvalue weighted by Gasteiger charge is 2.32. The third-order valence-corrected chi connectivity index (χ3v) is 9.13. The minimum atomic E-state index is -0.524. The number of carbonyl (C=O) groups is 3. The van der Waals surface area contributed by atoms with E-state index in [4.69, 9.17) is 10.5 Å². The number of aromatic nitrogens is 3. The fourth-order valence-corrected chi connectivity index (χ4v) is 6.65. The molecule has 1 fully saturated rings. The molecule has 0 radical (unpaired) electrons. The van der Waals surface area contributed by atoms with Gasteiger partial charge in [0.1, 0.15) is 23.2 Å². The van der Waals surface area contributed by atoms with Gasteiger partial charge in [0.15, 0.2) is 11.6 Å². The highest BCUT2D eigenvalue weighted by atomic mass is 16.5. The van der Waals surface area contributed by atoms with Crippen LogP contribution in [0.15, 0.2) is 90.5 Å². The predicted molar refractivity (Wildman–Crippen MR) is 181 cm³/mol. The van der Waals surface area contributed by atoms with Crippen LogP contribution in [-0.4, -0.2) is 57.3 Å². The number of nitrogens with one attached hydrogen (secondary N) is 1. The molecular formula is C37H40N6O4. The van der Waals surface area contributed by atoms with E-state index in [9.17, 15) is 14.4 Å². The number of piperidine rings is 1. The number of hydrogen-bond acceptors (Lipinski definition) is 7. The molecule has 3 N–H and O–H groups in total. The van der Waals surface area contributed by atoms with Gasteiger partial charge in [0.25, 0.3) is 5.91 Å². The van der Waals surface area contributed by atoms with Crippen LogP contribution in [0.3, 0.4) is 0 Å². The molecule has 1 unspecified atom stereocenters. The zero-order valence-electron chi connectivity index (χ0n) is 27.0. The predicted octanol–water partition coefficient (Wildman–Crippen LogP) is 5.88. The van der Waals surface area contributed by atoms with E-state index in [2.05, 4.69) is 21.5 Å². The number of methoxy groups -OCH3 is 1. The second-order valence-electron chi connectivity index (χ2n) is 12.4. The number of ether oxygens (including phenoxy) is 1. The van der Waals surface area contributed by atoms with Crippen molar-refractivity contribution >= 4 is 34.6 Å². The summed E-state index contributed by atoms with van der Waals surface area (Å²) in [5, 5.41) is 7.47. The van der Waals surface area contributed by atoms with Crippen molar-refractivity contribution in [3.8, 4) is 11.1 Å². The van der Waals surface area contributed by atoms with Gasteiger partial charge >= 0.3 is 0 Å². The van der Waals surface area contributed by atoms with Crippen LogP contribution in [0.4, 0.5) is 11.5 Å². The van der Waals surface area contributed by atoms with Gasteiger partial charge in [-0.25, -0.2) is 9.50 Å². The number of ketones is 1. The number of carbonyl (C=O) groups excluding carboxylic acids is 3. The van der Waals surface area contributed by atoms with Gasteiger partial charge in [0, 0.05) is 47.8 Å². The maximum Gasteiger partial charge on any atom is 0.263 e. The Kier molecular flexibility index (Phi) is 9.19. The van der Waals surface area contributed by atoms with Gasteiger partial charge in [-0.15, -0.1) is 0 Å². The van der Waals surface area contributed by atoms with Crippen molar-refractivity contribution in [2.24, 2.45) is 5.92 Å². The Morgan fingerprint density at radius 1 is 1.02 bits per heavy atom. The Balaban J connectivity index is 1.25. The maximum atomic E-state index is 13.8. The number of rotatable bonds is 7. The summed E-state index contributed by atoms with van der Waals surface area (Å²) in [6.07, 6.45) is 8.04. The lowest BCUT2D eigenvalue weighted by molar-refractivity contribution is -0.135. The lowest BCUT2D eigenvalue weighted by Crippen LogP contribution is -2.40. The number of benzene rings is 2. The molecule has 10 heteroatoms. The van der Waals surface area contributed by atoms with Crippen molar-refractivity contribution in [2.75, 3.05) is 31.2 Å². The zero-order chi connectivity index (χ0) is 33.1. The van der Waals surface area contributed by atoms with E-state index in [0.717, 1.165) is 35.2 Å². The van der Waals surface area contributed by atoms with Crippen molar-refractivity contribution in [2.45, 2.75) is 51.4 Å². The molecule has 3 heterocycles. The molecule has 1 aliphatic heterocycles. The van der Waals surface area contributed by atoms with Crippen LogP contribution in [0.2, 0.25) is 0 Å². The third-order valence-electron chi connectivity index (χ3n) is 9.13. The molecule has 0 bridgehead atoms. The summed E-state index contributed by atoms with van der Waals surface area (Å²) in [5.41, 5.74) is 11.3. The second kappa shape index (κ2) is 13.6. The number of fused-ring (bicyclic) bond motifs is 1. The van der Waals surface area contributed by atoms with E-state index < -0.39 is 11.8 Å². The van der Waals surface area contributed by atoms with Crippen LogP contribution < -0.4 is 11.1 Å². The number of Topliss-reactive ketones (excluding diaryl/α,β-unsaturated/α-hetero) is 1. The van der Waals surface area contributed by atoms with Crippen molar-refractivity contribution in [3.63, 3.8) is 0 Å². The van der Waals surface area contributed by atoms with Gasteiger partial charge < -0.3 is 20.7 Å². The topological polar surface area (TPSA) is 132 Å². The molecule has 10 nitrogen and oxygen atoms in total. The van der Waals surface area contributed by atoms with E-state index in [-0.39, 0.29) is 34.9 Å². The summed E-state index contributed by atoms with van der Waals surface area (Å²) in [6, 6.07) is 19.1. The molecule has 4 aromatic rings. The van der Waals surface area contributed by atoms with Crippen LogP contribution in [0.5, 0.6) is 0 Å². The number of nitrogens with zero attached hydrogens (tertiary/aromatic N) is 4. The van der Waals surface area contributed by atoms with Crippen LogP contribution in [-0.2, 0) is 19.1 Å². The van der Waals surface area contributed by atoms with E-state index in [1.54, 1.807) is 18.2 Å². The highest BCUT2D eigenvalue weighted by Crippen LogP contribution is 2.37. The Bertz CT molecular complexity index is 1850. The fraction of sp³-hybridized carbons (Fsp3) is 0.324. The Hall–Kier alpha value is -5.25. The second-order valence-corrected chi connectivity index (χ2v) is 12.4. The molecule has 1 saturated heterocycles. The van der Waals surface area contributed by atoms with Gasteiger partial charge in [-0.1, -0.05) is 62.4 Å². The fourth-order valence-electron chi connectivity index (χ4n) is 6.65. The van der Waals surface area contributed by atoms with Gasteiger partial charge in [0.05, 0.1) is 7.11 Å². The van der Waals surface area contributed by atoms with E-state index in [1.165, 1.54) is 13.4 Å². The number of hydrogen-bond donors (Lipinski definition) is 2. The van der Waals surface area contributed by atoms with E-state index >= 15 is 0 Å². The first-order valence-electron chi connectivity index (χ1n) is 16.1. The quantitative estimate of drug-likeness (QED) is 0.243. The van der Waals surface area contributed by atoms with Gasteiger partial charge in [0.2, 0.25) is 5.91 Å². The van der Waals surface area contributed by atoms with Crippen LogP contribution in [0.1, 0.15) is 62.6 Å². The summed E-state index contributed by atoms with van der Waals surface area (Å²) >= 11 is 0. The Labute approximate surface area is 274 Å². The lowest BCUT2D eigenvalue weighted by Gasteiger charge is -2.33. The monoisotopic (exact) mass is 632 g/mol. The van der Waals surface area contributed by atoms with E-state index in [0.29, 0.717) is 43.0 Å². The molecule has 2 amide bonds. The third kappa shape index (κ3) is 6.40. The van der Waals surface area contributed by atoms with Gasteiger partial charge in [-0.05, 0) is 61.1 Å². The normalized spacial score (nSPS) is 17.6. The molecule has 2 aliphatic rings. The molecular weight excluding hydrogens is 592 g/mol. The van der Waals surface area contributed by atoms with Crippen molar-refractivity contribution in [1.29, 1.82) is 0 Å². The molecule has 2 aromatic heterocycles. The maximum absolute atomic E-state index is 13.8. The summed E-state index contributed by atoms with van der Waals surface area (Å²) in [5.74, 6) is -0.268. The zero-order valence-corrected chi connectivity index (χ0v) is 27.0. The number of nitrogen functional groups attached to an aromatic ring is 1. The first-order chi connectivity index (χ1) is 22.8. The molecule has 6 rings (SSSR count). The van der Waals surface area contributed by atoms with E-state index in [1.807, 2.05) is 71.8 Å². The van der Waals surface area contributed by atoms with Crippen molar-refractivity contribution < 1.29 is 19.1 Å². The molecule has 242 valence electrons. The Morgan fingerprint density at radius 2 is 1.74 bits per heavy atom. The molecule has 1 aliphatic carbocycles. The number of amides is 2. The molecule has 1 atom stereocenters. The summed E-state index contributed by atoms with van der Waals surface area (Å²) < 4.78 is 7.40. The number of allylic oxidation sites excluding steroid dienone is 2.